The Labute approximate surface area is 178 Å². The van der Waals surface area contributed by atoms with E-state index in [-0.39, 0.29) is 12.6 Å². The van der Waals surface area contributed by atoms with Gasteiger partial charge >= 0.3 is 12.0 Å². The molecule has 0 aromatic heterocycles. The minimum atomic E-state index is -0.513. The fraction of sp³-hybridized carbons (Fsp3) is 0.280. The first-order valence-electron chi connectivity index (χ1n) is 10.2. The summed E-state index contributed by atoms with van der Waals surface area (Å²) in [4.78, 5) is 27.3. The standard InChI is InChI=1S/C25H28N2O3/c1-5-30-24(28)22-19(4)26-25(29)27(23(22)21-14-10-18(3)11-15-21)16-6-7-20-12-8-17(2)9-13-20/h6-15,23H,5,16H2,1-4H3,(H,26,29)/b7-6+. The van der Waals surface area contributed by atoms with Crippen molar-refractivity contribution in [1.82, 2.24) is 10.2 Å². The third-order valence-electron chi connectivity index (χ3n) is 5.12. The smallest absolute Gasteiger partial charge is 0.338 e. The summed E-state index contributed by atoms with van der Waals surface area (Å²) in [7, 11) is 0. The van der Waals surface area contributed by atoms with Crippen molar-refractivity contribution in [2.45, 2.75) is 33.7 Å². The van der Waals surface area contributed by atoms with E-state index in [4.69, 9.17) is 4.74 Å². The summed E-state index contributed by atoms with van der Waals surface area (Å²) in [5.41, 5.74) is 5.24. The fourth-order valence-electron chi connectivity index (χ4n) is 3.51. The van der Waals surface area contributed by atoms with Crippen molar-refractivity contribution >= 4 is 18.1 Å². The molecule has 0 saturated heterocycles. The van der Waals surface area contributed by atoms with Gasteiger partial charge in [-0.05, 0) is 38.8 Å². The summed E-state index contributed by atoms with van der Waals surface area (Å²) in [5, 5.41) is 2.82. The Morgan fingerprint density at radius 3 is 2.23 bits per heavy atom. The first kappa shape index (κ1) is 21.4. The molecule has 3 rings (SSSR count). The maximum Gasteiger partial charge on any atom is 0.338 e. The molecular formula is C25H28N2O3. The summed E-state index contributed by atoms with van der Waals surface area (Å²) >= 11 is 0. The quantitative estimate of drug-likeness (QED) is 0.695. The van der Waals surface area contributed by atoms with Crippen LogP contribution < -0.4 is 5.32 Å². The van der Waals surface area contributed by atoms with Crippen molar-refractivity contribution in [2.24, 2.45) is 0 Å². The molecule has 1 aliphatic rings. The lowest BCUT2D eigenvalue weighted by Crippen LogP contribution is -2.48. The van der Waals surface area contributed by atoms with E-state index >= 15 is 0 Å². The summed E-state index contributed by atoms with van der Waals surface area (Å²) in [6.45, 7) is 8.20. The van der Waals surface area contributed by atoms with Crippen LogP contribution in [0, 0.1) is 13.8 Å². The molecular weight excluding hydrogens is 376 g/mol. The lowest BCUT2D eigenvalue weighted by Gasteiger charge is -2.37. The lowest BCUT2D eigenvalue weighted by atomic mass is 9.93. The second-order valence-corrected chi connectivity index (χ2v) is 7.47. The number of rotatable bonds is 6. The van der Waals surface area contributed by atoms with Gasteiger partial charge in [0.05, 0.1) is 18.2 Å². The van der Waals surface area contributed by atoms with Gasteiger partial charge in [-0.15, -0.1) is 0 Å². The minimum Gasteiger partial charge on any atom is -0.463 e. The predicted octanol–water partition coefficient (Wildman–Crippen LogP) is 4.92. The van der Waals surface area contributed by atoms with Gasteiger partial charge < -0.3 is 15.0 Å². The van der Waals surface area contributed by atoms with E-state index in [9.17, 15) is 9.59 Å². The highest BCUT2D eigenvalue weighted by Crippen LogP contribution is 2.34. The average molecular weight is 405 g/mol. The van der Waals surface area contributed by atoms with E-state index in [2.05, 4.69) is 5.32 Å². The van der Waals surface area contributed by atoms with Crippen LogP contribution in [0.1, 0.15) is 42.1 Å². The van der Waals surface area contributed by atoms with Crippen LogP contribution >= 0.6 is 0 Å². The van der Waals surface area contributed by atoms with E-state index in [0.717, 1.165) is 16.7 Å². The molecule has 0 bridgehead atoms. The van der Waals surface area contributed by atoms with Crippen molar-refractivity contribution in [3.63, 3.8) is 0 Å². The number of urea groups is 1. The molecule has 1 heterocycles. The van der Waals surface area contributed by atoms with Crippen molar-refractivity contribution < 1.29 is 14.3 Å². The van der Waals surface area contributed by atoms with Crippen molar-refractivity contribution in [3.8, 4) is 0 Å². The topological polar surface area (TPSA) is 58.6 Å². The molecule has 0 radical (unpaired) electrons. The van der Waals surface area contributed by atoms with E-state index in [1.165, 1.54) is 5.56 Å². The molecule has 0 aliphatic carbocycles. The maximum absolute atomic E-state index is 12.9. The van der Waals surface area contributed by atoms with Gasteiger partial charge in [0, 0.05) is 12.2 Å². The molecule has 5 nitrogen and oxygen atoms in total. The first-order chi connectivity index (χ1) is 14.4. The number of hydrogen-bond donors (Lipinski definition) is 1. The van der Waals surface area contributed by atoms with Crippen molar-refractivity contribution in [2.75, 3.05) is 13.2 Å². The molecule has 0 fully saturated rings. The van der Waals surface area contributed by atoms with Crippen LogP contribution in [0.2, 0.25) is 0 Å². The Bertz CT molecular complexity index is 972. The Morgan fingerprint density at radius 2 is 1.63 bits per heavy atom. The lowest BCUT2D eigenvalue weighted by molar-refractivity contribution is -0.139. The number of allylic oxidation sites excluding steroid dienone is 1. The van der Waals surface area contributed by atoms with Gasteiger partial charge in [0.25, 0.3) is 0 Å². The number of benzene rings is 2. The number of aryl methyl sites for hydroxylation is 2. The van der Waals surface area contributed by atoms with Gasteiger partial charge in [-0.3, -0.25) is 0 Å². The number of carbonyl (C=O) groups is 2. The van der Waals surface area contributed by atoms with Gasteiger partial charge in [-0.25, -0.2) is 9.59 Å². The highest BCUT2D eigenvalue weighted by atomic mass is 16.5. The molecule has 2 aromatic carbocycles. The molecule has 1 atom stereocenters. The second-order valence-electron chi connectivity index (χ2n) is 7.47. The van der Waals surface area contributed by atoms with Crippen LogP contribution in [0.4, 0.5) is 4.79 Å². The maximum atomic E-state index is 12.9. The number of ether oxygens (including phenoxy) is 1. The Hall–Kier alpha value is -3.34. The van der Waals surface area contributed by atoms with Crippen LogP contribution in [-0.4, -0.2) is 30.1 Å². The summed E-state index contributed by atoms with van der Waals surface area (Å²) < 4.78 is 5.30. The van der Waals surface area contributed by atoms with E-state index in [1.54, 1.807) is 18.7 Å². The molecule has 30 heavy (non-hydrogen) atoms. The zero-order chi connectivity index (χ0) is 21.7. The molecule has 1 N–H and O–H groups in total. The molecule has 2 aromatic rings. The fourth-order valence-corrected chi connectivity index (χ4v) is 3.51. The predicted molar refractivity (Wildman–Crippen MR) is 119 cm³/mol. The monoisotopic (exact) mass is 404 g/mol. The average Bonchev–Trinajstić information content (AvgIpc) is 2.71. The highest BCUT2D eigenvalue weighted by molar-refractivity contribution is 5.95. The van der Waals surface area contributed by atoms with Crippen molar-refractivity contribution in [1.29, 1.82) is 0 Å². The number of hydrogen-bond acceptors (Lipinski definition) is 3. The molecule has 0 saturated carbocycles. The molecule has 1 unspecified atom stereocenters. The number of amides is 2. The number of esters is 1. The van der Waals surface area contributed by atoms with Gasteiger partial charge in [0.1, 0.15) is 0 Å². The van der Waals surface area contributed by atoms with E-state index in [1.807, 2.05) is 74.5 Å². The Kier molecular flexibility index (Phi) is 6.72. The van der Waals surface area contributed by atoms with Gasteiger partial charge in [-0.1, -0.05) is 71.8 Å². The third kappa shape index (κ3) is 4.79. The van der Waals surface area contributed by atoms with E-state index < -0.39 is 12.0 Å². The summed E-state index contributed by atoms with van der Waals surface area (Å²) in [6.07, 6.45) is 3.92. The number of nitrogens with one attached hydrogen (secondary N) is 1. The summed E-state index contributed by atoms with van der Waals surface area (Å²) in [6, 6.07) is 15.3. The highest BCUT2D eigenvalue weighted by Gasteiger charge is 2.37. The number of carbonyl (C=O) groups excluding carboxylic acids is 2. The van der Waals surface area contributed by atoms with Gasteiger partial charge in [-0.2, -0.15) is 0 Å². The van der Waals surface area contributed by atoms with Crippen LogP contribution in [0.15, 0.2) is 65.9 Å². The molecule has 1 aliphatic heterocycles. The zero-order valence-electron chi connectivity index (χ0n) is 17.9. The molecule has 156 valence electrons. The largest absolute Gasteiger partial charge is 0.463 e. The van der Waals surface area contributed by atoms with Crippen LogP contribution in [0.25, 0.3) is 6.08 Å². The van der Waals surface area contributed by atoms with Crippen LogP contribution in [0.3, 0.4) is 0 Å². The SMILES string of the molecule is CCOC(=O)C1=C(C)NC(=O)N(C/C=C/c2ccc(C)cc2)C1c1ccc(C)cc1. The van der Waals surface area contributed by atoms with Gasteiger partial charge in [0.2, 0.25) is 0 Å². The molecule has 0 spiro atoms. The third-order valence-corrected chi connectivity index (χ3v) is 5.12. The minimum absolute atomic E-state index is 0.236. The zero-order valence-corrected chi connectivity index (χ0v) is 17.9. The van der Waals surface area contributed by atoms with Crippen molar-refractivity contribution in [3.05, 3.63) is 88.1 Å². The Balaban J connectivity index is 1.96. The first-order valence-corrected chi connectivity index (χ1v) is 10.2. The normalized spacial score (nSPS) is 16.7. The Morgan fingerprint density at radius 1 is 1.03 bits per heavy atom. The molecule has 5 heteroatoms. The van der Waals surface area contributed by atoms with Crippen LogP contribution in [-0.2, 0) is 9.53 Å². The van der Waals surface area contributed by atoms with Crippen LogP contribution in [0.5, 0.6) is 0 Å². The van der Waals surface area contributed by atoms with Gasteiger partial charge in [0.15, 0.2) is 0 Å². The second kappa shape index (κ2) is 9.44. The summed E-state index contributed by atoms with van der Waals surface area (Å²) in [5.74, 6) is -0.409. The number of nitrogens with zero attached hydrogens (tertiary/aromatic N) is 1. The van der Waals surface area contributed by atoms with E-state index in [0.29, 0.717) is 17.8 Å². The molecule has 2 amide bonds.